The smallest absolute Gasteiger partial charge is 0.339 e. The fourth-order valence-electron chi connectivity index (χ4n) is 2.81. The van der Waals surface area contributed by atoms with E-state index in [-0.39, 0.29) is 35.0 Å². The Morgan fingerprint density at radius 1 is 1.13 bits per heavy atom. The van der Waals surface area contributed by atoms with Gasteiger partial charge in [0.25, 0.3) is 0 Å². The van der Waals surface area contributed by atoms with Gasteiger partial charge in [-0.3, -0.25) is 9.59 Å². The Kier molecular flexibility index (Phi) is 7.86. The molecule has 0 aliphatic rings. The lowest BCUT2D eigenvalue weighted by Gasteiger charge is -2.28. The van der Waals surface area contributed by atoms with Crippen molar-refractivity contribution in [1.82, 2.24) is 4.90 Å². The van der Waals surface area contributed by atoms with Gasteiger partial charge in [-0.15, -0.1) is 0 Å². The van der Waals surface area contributed by atoms with Gasteiger partial charge in [-0.05, 0) is 55.8 Å². The van der Waals surface area contributed by atoms with Crippen LogP contribution in [0, 0.1) is 0 Å². The Morgan fingerprint density at radius 2 is 1.77 bits per heavy atom. The van der Waals surface area contributed by atoms with Gasteiger partial charge in [0.05, 0.1) is 0 Å². The monoisotopic (exact) mass is 452 g/mol. The summed E-state index contributed by atoms with van der Waals surface area (Å²) in [6, 6.07) is 10.2. The number of hydrogen-bond donors (Lipinski definition) is 1. The van der Waals surface area contributed by atoms with Gasteiger partial charge >= 0.3 is 10.1 Å². The minimum absolute atomic E-state index is 0.0349. The topological polar surface area (TPSA) is 92.8 Å². The van der Waals surface area contributed by atoms with Gasteiger partial charge in [-0.25, -0.2) is 0 Å². The van der Waals surface area contributed by atoms with E-state index >= 15 is 0 Å². The van der Waals surface area contributed by atoms with E-state index in [9.17, 15) is 18.0 Å². The second kappa shape index (κ2) is 9.95. The normalized spacial score (nSPS) is 12.2. The predicted molar refractivity (Wildman–Crippen MR) is 116 cm³/mol. The van der Waals surface area contributed by atoms with Crippen LogP contribution in [0.15, 0.2) is 47.4 Å². The first kappa shape index (κ1) is 23.7. The van der Waals surface area contributed by atoms with Gasteiger partial charge in [0.15, 0.2) is 0 Å². The number of carbonyl (C=O) groups is 2. The van der Waals surface area contributed by atoms with Crippen molar-refractivity contribution in [1.29, 1.82) is 0 Å². The highest BCUT2D eigenvalue weighted by molar-refractivity contribution is 7.87. The first-order valence-electron chi connectivity index (χ1n) is 9.41. The summed E-state index contributed by atoms with van der Waals surface area (Å²) in [4.78, 5) is 24.7. The summed E-state index contributed by atoms with van der Waals surface area (Å²) in [5.41, 5.74) is 0.954. The summed E-state index contributed by atoms with van der Waals surface area (Å²) in [5.74, 6) is -0.296. The van der Waals surface area contributed by atoms with Crippen molar-refractivity contribution in [2.45, 2.75) is 51.6 Å². The molecule has 2 rings (SSSR count). The molecule has 30 heavy (non-hydrogen) atoms. The highest BCUT2D eigenvalue weighted by atomic mass is 35.5. The fourth-order valence-corrected chi connectivity index (χ4v) is 3.97. The molecule has 9 heteroatoms. The molecule has 0 aliphatic heterocycles. The molecule has 0 unspecified atom stereocenters. The van der Waals surface area contributed by atoms with Crippen molar-refractivity contribution < 1.29 is 22.2 Å². The second-order valence-electron chi connectivity index (χ2n) is 6.90. The molecule has 0 radical (unpaired) electrons. The van der Waals surface area contributed by atoms with Gasteiger partial charge in [-0.1, -0.05) is 18.5 Å². The number of nitrogens with zero attached hydrogens (tertiary/aromatic N) is 1. The molecular formula is C21H25ClN2O5S. The Balaban J connectivity index is 2.33. The molecule has 7 nitrogen and oxygen atoms in total. The summed E-state index contributed by atoms with van der Waals surface area (Å²) in [7, 11) is -4.13. The average molecular weight is 453 g/mol. The van der Waals surface area contributed by atoms with Gasteiger partial charge in [0, 0.05) is 42.7 Å². The molecule has 2 amide bonds. The summed E-state index contributed by atoms with van der Waals surface area (Å²) in [6.45, 7) is 6.87. The number of amides is 2. The number of nitrogens with one attached hydrogen (secondary N) is 1. The molecule has 162 valence electrons. The maximum absolute atomic E-state index is 12.8. The van der Waals surface area contributed by atoms with E-state index in [2.05, 4.69) is 5.32 Å². The van der Waals surface area contributed by atoms with Crippen LogP contribution >= 0.6 is 11.6 Å². The van der Waals surface area contributed by atoms with Crippen LogP contribution in [0.25, 0.3) is 0 Å². The molecule has 2 aromatic carbocycles. The standard InChI is InChI=1S/C21H25ClN2O5S/c1-5-14(2)24(16(4)26)13-17-12-18(22)6-11-21(17)29-30(27,28)20-9-7-19(8-10-20)23-15(3)25/h6-12,14H,5,13H2,1-4H3,(H,23,25)/t14-/m0/s1. The minimum atomic E-state index is -4.13. The molecule has 0 bridgehead atoms. The third-order valence-corrected chi connectivity index (χ3v) is 6.04. The first-order chi connectivity index (χ1) is 14.0. The maximum Gasteiger partial charge on any atom is 0.339 e. The van der Waals surface area contributed by atoms with E-state index < -0.39 is 10.1 Å². The van der Waals surface area contributed by atoms with E-state index in [1.807, 2.05) is 13.8 Å². The highest BCUT2D eigenvalue weighted by Crippen LogP contribution is 2.28. The van der Waals surface area contributed by atoms with Gasteiger partial charge < -0.3 is 14.4 Å². The number of carbonyl (C=O) groups excluding carboxylic acids is 2. The molecule has 0 heterocycles. The molecule has 1 N–H and O–H groups in total. The molecule has 0 saturated carbocycles. The van der Waals surface area contributed by atoms with Crippen LogP contribution in [0.1, 0.15) is 39.7 Å². The average Bonchev–Trinajstić information content (AvgIpc) is 2.67. The quantitative estimate of drug-likeness (QED) is 0.605. The number of anilines is 1. The molecule has 0 aromatic heterocycles. The molecule has 0 spiro atoms. The third kappa shape index (κ3) is 6.21. The van der Waals surface area contributed by atoms with E-state index in [0.29, 0.717) is 16.3 Å². The predicted octanol–water partition coefficient (Wildman–Crippen LogP) is 4.21. The lowest BCUT2D eigenvalue weighted by Crippen LogP contribution is -2.36. The Labute approximate surface area is 182 Å². The van der Waals surface area contributed by atoms with Crippen molar-refractivity contribution in [3.05, 3.63) is 53.1 Å². The number of rotatable bonds is 8. The molecule has 0 aliphatic carbocycles. The Hall–Kier alpha value is -2.58. The second-order valence-corrected chi connectivity index (χ2v) is 8.88. The van der Waals surface area contributed by atoms with E-state index in [1.165, 1.54) is 50.2 Å². The lowest BCUT2D eigenvalue weighted by atomic mass is 10.1. The largest absolute Gasteiger partial charge is 0.379 e. The SMILES string of the molecule is CC[C@H](C)N(Cc1cc(Cl)ccc1OS(=O)(=O)c1ccc(NC(C)=O)cc1)C(C)=O. The van der Waals surface area contributed by atoms with E-state index in [0.717, 1.165) is 6.42 Å². The van der Waals surface area contributed by atoms with Crippen LogP contribution in [0.4, 0.5) is 5.69 Å². The molecule has 0 fully saturated rings. The first-order valence-corrected chi connectivity index (χ1v) is 11.2. The molecule has 2 aromatic rings. The van der Waals surface area contributed by atoms with E-state index in [1.54, 1.807) is 11.0 Å². The van der Waals surface area contributed by atoms with Crippen molar-refractivity contribution in [2.75, 3.05) is 5.32 Å². The summed E-state index contributed by atoms with van der Waals surface area (Å²) in [6.07, 6.45) is 0.745. The van der Waals surface area contributed by atoms with Crippen LogP contribution < -0.4 is 9.50 Å². The van der Waals surface area contributed by atoms with Crippen molar-refractivity contribution in [3.8, 4) is 5.75 Å². The number of benzene rings is 2. The number of halogens is 1. The van der Waals surface area contributed by atoms with E-state index in [4.69, 9.17) is 15.8 Å². The van der Waals surface area contributed by atoms with Crippen LogP contribution in [-0.4, -0.2) is 31.2 Å². The summed E-state index contributed by atoms with van der Waals surface area (Å²) in [5, 5.41) is 2.97. The zero-order valence-electron chi connectivity index (χ0n) is 17.3. The van der Waals surface area contributed by atoms with Crippen LogP contribution in [0.2, 0.25) is 5.02 Å². The Morgan fingerprint density at radius 3 is 2.30 bits per heavy atom. The van der Waals surface area contributed by atoms with Crippen LogP contribution in [0.3, 0.4) is 0 Å². The van der Waals surface area contributed by atoms with Crippen LogP contribution in [-0.2, 0) is 26.3 Å². The molecule has 0 saturated heterocycles. The third-order valence-electron chi connectivity index (χ3n) is 4.55. The molecule has 1 atom stereocenters. The van der Waals surface area contributed by atoms with Crippen molar-refractivity contribution >= 4 is 39.2 Å². The maximum atomic E-state index is 12.8. The minimum Gasteiger partial charge on any atom is -0.379 e. The lowest BCUT2D eigenvalue weighted by molar-refractivity contribution is -0.131. The summed E-state index contributed by atoms with van der Waals surface area (Å²) >= 11 is 6.10. The molecular weight excluding hydrogens is 428 g/mol. The van der Waals surface area contributed by atoms with Gasteiger partial charge in [-0.2, -0.15) is 8.42 Å². The zero-order chi connectivity index (χ0) is 22.5. The summed E-state index contributed by atoms with van der Waals surface area (Å²) < 4.78 is 30.9. The highest BCUT2D eigenvalue weighted by Gasteiger charge is 2.22. The fraction of sp³-hybridized carbons (Fsp3) is 0.333. The zero-order valence-corrected chi connectivity index (χ0v) is 18.9. The Bertz CT molecular complexity index is 1020. The van der Waals surface area contributed by atoms with Crippen molar-refractivity contribution in [2.24, 2.45) is 0 Å². The number of hydrogen-bond acceptors (Lipinski definition) is 5. The van der Waals surface area contributed by atoms with Crippen LogP contribution in [0.5, 0.6) is 5.75 Å². The van der Waals surface area contributed by atoms with Crippen molar-refractivity contribution in [3.63, 3.8) is 0 Å². The van der Waals surface area contributed by atoms with Gasteiger partial charge in [0.2, 0.25) is 11.8 Å². The van der Waals surface area contributed by atoms with Gasteiger partial charge in [0.1, 0.15) is 10.6 Å².